The molecule has 0 radical (unpaired) electrons. The van der Waals surface area contributed by atoms with Gasteiger partial charge in [-0.05, 0) is 30.7 Å². The number of hydrogen-bond donors (Lipinski definition) is 0. The molecule has 0 spiro atoms. The van der Waals surface area contributed by atoms with E-state index in [9.17, 15) is 15.4 Å². The summed E-state index contributed by atoms with van der Waals surface area (Å²) in [5, 5.41) is 21.0. The summed E-state index contributed by atoms with van der Waals surface area (Å²) in [4.78, 5) is 15.1. The highest BCUT2D eigenvalue weighted by Crippen LogP contribution is 2.29. The lowest BCUT2D eigenvalue weighted by Crippen LogP contribution is -1.92. The molecule has 0 atom stereocenters. The van der Waals surface area contributed by atoms with Crippen molar-refractivity contribution in [3.8, 4) is 6.07 Å². The second-order valence-corrected chi connectivity index (χ2v) is 5.99. The van der Waals surface area contributed by atoms with Crippen molar-refractivity contribution in [2.45, 2.75) is 6.92 Å². The van der Waals surface area contributed by atoms with Gasteiger partial charge in [0.1, 0.15) is 11.1 Å². The third kappa shape index (κ3) is 2.96. The SMILES string of the molecule is Cc1ccc(/C=C(/C#N)c2nc3ccccc3s2)cc1[N+](=O)[O-]. The predicted molar refractivity (Wildman–Crippen MR) is 90.9 cm³/mol. The highest BCUT2D eigenvalue weighted by atomic mass is 32.1. The van der Waals surface area contributed by atoms with Crippen molar-refractivity contribution in [3.05, 3.63) is 68.7 Å². The number of para-hydroxylation sites is 1. The average Bonchev–Trinajstić information content (AvgIpc) is 2.97. The number of nitrogens with zero attached hydrogens (tertiary/aromatic N) is 3. The molecule has 0 N–H and O–H groups in total. The summed E-state index contributed by atoms with van der Waals surface area (Å²) in [5.41, 5.74) is 2.47. The van der Waals surface area contributed by atoms with Gasteiger partial charge in [-0.3, -0.25) is 10.1 Å². The van der Waals surface area contributed by atoms with Gasteiger partial charge in [0, 0.05) is 11.6 Å². The Morgan fingerprint density at radius 1 is 1.35 bits per heavy atom. The molecule has 0 unspecified atom stereocenters. The first kappa shape index (κ1) is 14.9. The molecule has 0 saturated heterocycles. The molecule has 0 aliphatic heterocycles. The number of allylic oxidation sites excluding steroid dienone is 1. The van der Waals surface area contributed by atoms with Gasteiger partial charge in [-0.25, -0.2) is 4.98 Å². The van der Waals surface area contributed by atoms with Gasteiger partial charge >= 0.3 is 0 Å². The molecule has 5 nitrogen and oxygen atoms in total. The molecule has 2 aromatic carbocycles. The van der Waals surface area contributed by atoms with Crippen LogP contribution in [0, 0.1) is 28.4 Å². The highest BCUT2D eigenvalue weighted by Gasteiger charge is 2.12. The molecule has 112 valence electrons. The smallest absolute Gasteiger partial charge is 0.258 e. The summed E-state index contributed by atoms with van der Waals surface area (Å²) in [6.07, 6.45) is 1.63. The molecule has 3 aromatic rings. The Kier molecular flexibility index (Phi) is 3.87. The molecule has 0 aliphatic rings. The van der Waals surface area contributed by atoms with Gasteiger partial charge in [-0.1, -0.05) is 24.3 Å². The van der Waals surface area contributed by atoms with Crippen LogP contribution in [0.5, 0.6) is 0 Å². The fourth-order valence-electron chi connectivity index (χ4n) is 2.21. The molecule has 0 amide bonds. The van der Waals surface area contributed by atoms with Gasteiger partial charge in [0.15, 0.2) is 0 Å². The molecule has 6 heteroatoms. The maximum absolute atomic E-state index is 11.0. The topological polar surface area (TPSA) is 79.8 Å². The molecule has 3 rings (SSSR count). The molecule has 0 aliphatic carbocycles. The van der Waals surface area contributed by atoms with Crippen molar-refractivity contribution < 1.29 is 4.92 Å². The summed E-state index contributed by atoms with van der Waals surface area (Å²) < 4.78 is 0.999. The van der Waals surface area contributed by atoms with Crippen molar-refractivity contribution in [1.29, 1.82) is 5.26 Å². The van der Waals surface area contributed by atoms with E-state index in [0.29, 0.717) is 21.7 Å². The van der Waals surface area contributed by atoms with Gasteiger partial charge < -0.3 is 0 Å². The number of aryl methyl sites for hydroxylation is 1. The number of benzene rings is 2. The minimum absolute atomic E-state index is 0.0420. The van der Waals surface area contributed by atoms with E-state index in [1.165, 1.54) is 17.4 Å². The van der Waals surface area contributed by atoms with Gasteiger partial charge in [-0.2, -0.15) is 5.26 Å². The largest absolute Gasteiger partial charge is 0.272 e. The van der Waals surface area contributed by atoms with Crippen LogP contribution in [0.15, 0.2) is 42.5 Å². The molecule has 1 aromatic heterocycles. The van der Waals surface area contributed by atoms with Crippen LogP contribution in [0.25, 0.3) is 21.9 Å². The Hall–Kier alpha value is -3.04. The second kappa shape index (κ2) is 5.99. The van der Waals surface area contributed by atoms with Gasteiger partial charge in [-0.15, -0.1) is 11.3 Å². The summed E-state index contributed by atoms with van der Waals surface area (Å²) in [6, 6.07) is 14.7. The van der Waals surface area contributed by atoms with E-state index < -0.39 is 4.92 Å². The number of fused-ring (bicyclic) bond motifs is 1. The van der Waals surface area contributed by atoms with E-state index in [-0.39, 0.29) is 5.69 Å². The Bertz CT molecular complexity index is 950. The van der Waals surface area contributed by atoms with Crippen molar-refractivity contribution in [1.82, 2.24) is 4.98 Å². The normalized spacial score (nSPS) is 11.4. The summed E-state index contributed by atoms with van der Waals surface area (Å²) >= 11 is 1.43. The minimum atomic E-state index is -0.420. The van der Waals surface area contributed by atoms with Gasteiger partial charge in [0.2, 0.25) is 0 Å². The van der Waals surface area contributed by atoms with E-state index in [2.05, 4.69) is 11.1 Å². The number of rotatable bonds is 3. The molecule has 1 heterocycles. The molecule has 0 saturated carbocycles. The van der Waals surface area contributed by atoms with Crippen LogP contribution < -0.4 is 0 Å². The van der Waals surface area contributed by atoms with Crippen molar-refractivity contribution >= 4 is 38.9 Å². The van der Waals surface area contributed by atoms with Crippen molar-refractivity contribution in [2.24, 2.45) is 0 Å². The lowest BCUT2D eigenvalue weighted by Gasteiger charge is -1.99. The van der Waals surface area contributed by atoms with Gasteiger partial charge in [0.05, 0.1) is 20.7 Å². The fourth-order valence-corrected chi connectivity index (χ4v) is 3.14. The van der Waals surface area contributed by atoms with Crippen LogP contribution in [0.4, 0.5) is 5.69 Å². The van der Waals surface area contributed by atoms with E-state index in [4.69, 9.17) is 0 Å². The number of nitriles is 1. The molecular formula is C17H11N3O2S. The average molecular weight is 321 g/mol. The zero-order chi connectivity index (χ0) is 16.4. The third-order valence-electron chi connectivity index (χ3n) is 3.39. The zero-order valence-electron chi connectivity index (χ0n) is 12.2. The Labute approximate surface area is 136 Å². The van der Waals surface area contributed by atoms with Crippen LogP contribution in [-0.2, 0) is 0 Å². The first-order chi connectivity index (χ1) is 11.1. The second-order valence-electron chi connectivity index (χ2n) is 4.96. The van der Waals surface area contributed by atoms with Crippen molar-refractivity contribution in [2.75, 3.05) is 0 Å². The maximum Gasteiger partial charge on any atom is 0.272 e. The standard InChI is InChI=1S/C17H11N3O2S/c1-11-6-7-12(9-15(11)20(21)22)8-13(10-18)17-19-14-4-2-3-5-16(14)23-17/h2-9H,1H3/b13-8-. The third-order valence-corrected chi connectivity index (χ3v) is 4.46. The predicted octanol–water partition coefficient (Wildman–Crippen LogP) is 4.58. The number of nitro benzene ring substituents is 1. The number of nitro groups is 1. The summed E-state index contributed by atoms with van der Waals surface area (Å²) in [5.74, 6) is 0. The summed E-state index contributed by atoms with van der Waals surface area (Å²) in [7, 11) is 0. The van der Waals surface area contributed by atoms with Crippen LogP contribution in [0.1, 0.15) is 16.1 Å². The molecular weight excluding hydrogens is 310 g/mol. The minimum Gasteiger partial charge on any atom is -0.258 e. The molecule has 23 heavy (non-hydrogen) atoms. The van der Waals surface area contributed by atoms with Crippen molar-refractivity contribution in [3.63, 3.8) is 0 Å². The lowest BCUT2D eigenvalue weighted by molar-refractivity contribution is -0.385. The maximum atomic E-state index is 11.0. The van der Waals surface area contributed by atoms with Gasteiger partial charge in [0.25, 0.3) is 5.69 Å². The monoisotopic (exact) mass is 321 g/mol. The zero-order valence-corrected chi connectivity index (χ0v) is 13.0. The van der Waals surface area contributed by atoms with Crippen LogP contribution in [-0.4, -0.2) is 9.91 Å². The number of aromatic nitrogens is 1. The summed E-state index contributed by atoms with van der Waals surface area (Å²) in [6.45, 7) is 1.68. The first-order valence-electron chi connectivity index (χ1n) is 6.81. The van der Waals surface area contributed by atoms with Crippen LogP contribution in [0.3, 0.4) is 0 Å². The Morgan fingerprint density at radius 3 is 2.83 bits per heavy atom. The van der Waals surface area contributed by atoms with E-state index >= 15 is 0 Å². The molecule has 0 bridgehead atoms. The quantitative estimate of drug-likeness (QED) is 0.402. The number of hydrogen-bond acceptors (Lipinski definition) is 5. The van der Waals surface area contributed by atoms with Crippen LogP contribution in [0.2, 0.25) is 0 Å². The van der Waals surface area contributed by atoms with E-state index in [0.717, 1.165) is 10.2 Å². The molecule has 0 fully saturated rings. The lowest BCUT2D eigenvalue weighted by atomic mass is 10.1. The Morgan fingerprint density at radius 2 is 2.13 bits per heavy atom. The Balaban J connectivity index is 2.07. The van der Waals surface area contributed by atoms with E-state index in [1.807, 2.05) is 24.3 Å². The highest BCUT2D eigenvalue weighted by molar-refractivity contribution is 7.19. The number of thiazole rings is 1. The fraction of sp³-hybridized carbons (Fsp3) is 0.0588. The van der Waals surface area contributed by atoms with Crippen LogP contribution >= 0.6 is 11.3 Å². The first-order valence-corrected chi connectivity index (χ1v) is 7.63. The van der Waals surface area contributed by atoms with E-state index in [1.54, 1.807) is 25.1 Å².